The summed E-state index contributed by atoms with van der Waals surface area (Å²) < 4.78 is 20.9. The van der Waals surface area contributed by atoms with Crippen molar-refractivity contribution in [1.82, 2.24) is 25.0 Å². The molecule has 4 aromatic rings. The van der Waals surface area contributed by atoms with Crippen molar-refractivity contribution in [3.05, 3.63) is 77.6 Å². The Bertz CT molecular complexity index is 1630. The molecular formula is C29H29FN6O4. The largest absolute Gasteiger partial charge is 0.496 e. The van der Waals surface area contributed by atoms with Gasteiger partial charge in [-0.3, -0.25) is 9.20 Å². The van der Waals surface area contributed by atoms with Gasteiger partial charge < -0.3 is 26.2 Å². The van der Waals surface area contributed by atoms with Crippen LogP contribution in [0.1, 0.15) is 53.8 Å². The molecular weight excluding hydrogens is 515 g/mol. The fourth-order valence-corrected chi connectivity index (χ4v) is 6.46. The van der Waals surface area contributed by atoms with Crippen LogP contribution in [-0.4, -0.2) is 44.1 Å². The molecule has 2 bridgehead atoms. The van der Waals surface area contributed by atoms with E-state index in [1.807, 2.05) is 34.9 Å². The molecule has 11 heteroatoms. The highest BCUT2D eigenvalue weighted by atomic mass is 19.1. The van der Waals surface area contributed by atoms with Crippen LogP contribution in [0.5, 0.6) is 5.75 Å². The lowest BCUT2D eigenvalue weighted by Gasteiger charge is -2.27. The second kappa shape index (κ2) is 9.51. The monoisotopic (exact) mass is 544 g/mol. The highest BCUT2D eigenvalue weighted by Gasteiger charge is 2.57. The van der Waals surface area contributed by atoms with Crippen LogP contribution in [0.15, 0.2) is 54.9 Å². The number of nitrogens with one attached hydrogen (secondary N) is 2. The predicted molar refractivity (Wildman–Crippen MR) is 146 cm³/mol. The molecule has 2 fully saturated rings. The van der Waals surface area contributed by atoms with Gasteiger partial charge in [0.15, 0.2) is 0 Å². The fourth-order valence-electron chi connectivity index (χ4n) is 6.46. The molecule has 2 amide bonds. The van der Waals surface area contributed by atoms with Gasteiger partial charge in [0.1, 0.15) is 34.4 Å². The molecule has 0 unspecified atom stereocenters. The number of aromatic nitrogens is 3. The third kappa shape index (κ3) is 4.27. The van der Waals surface area contributed by atoms with E-state index in [-0.39, 0.29) is 17.5 Å². The molecule has 206 valence electrons. The van der Waals surface area contributed by atoms with E-state index >= 15 is 0 Å². The van der Waals surface area contributed by atoms with Gasteiger partial charge in [-0.05, 0) is 55.9 Å². The van der Waals surface area contributed by atoms with Crippen molar-refractivity contribution in [2.24, 2.45) is 0 Å². The summed E-state index contributed by atoms with van der Waals surface area (Å²) in [5.41, 5.74) is 8.90. The van der Waals surface area contributed by atoms with Gasteiger partial charge in [-0.15, -0.1) is 0 Å². The molecule has 0 spiro atoms. The summed E-state index contributed by atoms with van der Waals surface area (Å²) in [6.07, 6.45) is 6.43. The zero-order chi connectivity index (χ0) is 28.1. The standard InChI is InChI=1S/C29H29FN6O4/c1-40-21-7-6-19(30)14-20(21)25(37)33-15-17-2-4-18(5-3-17)22-23-24(31)32-12-13-36(23)26(34-22)28-8-10-29(16-28,11-9-28)35-27(38)39/h2-7,12-14,35H,8-11,15-16H2,1H3,(H2,31,32)(H,33,37)(H,38,39). The number of ether oxygens (including phenoxy) is 1. The van der Waals surface area contributed by atoms with E-state index in [1.165, 1.54) is 19.2 Å². The summed E-state index contributed by atoms with van der Waals surface area (Å²) >= 11 is 0. The number of benzene rings is 2. The number of nitrogens with two attached hydrogens (primary N) is 1. The zero-order valence-electron chi connectivity index (χ0n) is 21.9. The summed E-state index contributed by atoms with van der Waals surface area (Å²) in [5.74, 6) is 0.569. The minimum atomic E-state index is -0.994. The first-order valence-electron chi connectivity index (χ1n) is 13.1. The molecule has 6 rings (SSSR count). The lowest BCUT2D eigenvalue weighted by Crippen LogP contribution is -2.44. The lowest BCUT2D eigenvalue weighted by atomic mass is 9.83. The van der Waals surface area contributed by atoms with Crippen LogP contribution in [0.3, 0.4) is 0 Å². The quantitative estimate of drug-likeness (QED) is 0.272. The Morgan fingerprint density at radius 2 is 1.90 bits per heavy atom. The molecule has 40 heavy (non-hydrogen) atoms. The van der Waals surface area contributed by atoms with Crippen LogP contribution < -0.4 is 21.1 Å². The fraction of sp³-hybridized carbons (Fsp3) is 0.310. The smallest absolute Gasteiger partial charge is 0.405 e. The van der Waals surface area contributed by atoms with Gasteiger partial charge in [0, 0.05) is 35.5 Å². The lowest BCUT2D eigenvalue weighted by molar-refractivity contribution is 0.0947. The molecule has 2 aliphatic rings. The van der Waals surface area contributed by atoms with Crippen molar-refractivity contribution < 1.29 is 23.8 Å². The number of rotatable bonds is 7. The van der Waals surface area contributed by atoms with Crippen LogP contribution in [0, 0.1) is 5.82 Å². The summed E-state index contributed by atoms with van der Waals surface area (Å²) in [4.78, 5) is 33.5. The maximum Gasteiger partial charge on any atom is 0.405 e. The summed E-state index contributed by atoms with van der Waals surface area (Å²) in [6.45, 7) is 0.236. The van der Waals surface area contributed by atoms with Crippen LogP contribution in [0.4, 0.5) is 15.0 Å². The second-order valence-corrected chi connectivity index (χ2v) is 10.7. The number of methoxy groups -OCH3 is 1. The molecule has 0 atom stereocenters. The van der Waals surface area contributed by atoms with E-state index in [4.69, 9.17) is 15.5 Å². The van der Waals surface area contributed by atoms with Gasteiger partial charge in [-0.1, -0.05) is 24.3 Å². The Labute approximate surface area is 229 Å². The highest BCUT2D eigenvalue weighted by Crippen LogP contribution is 2.57. The first-order valence-corrected chi connectivity index (χ1v) is 13.1. The van der Waals surface area contributed by atoms with Crippen molar-refractivity contribution in [3.63, 3.8) is 0 Å². The average molecular weight is 545 g/mol. The predicted octanol–water partition coefficient (Wildman–Crippen LogP) is 4.28. The second-order valence-electron chi connectivity index (χ2n) is 10.7. The number of imidazole rings is 1. The van der Waals surface area contributed by atoms with Crippen LogP contribution in [-0.2, 0) is 12.0 Å². The summed E-state index contributed by atoms with van der Waals surface area (Å²) in [5, 5.41) is 15.0. The third-order valence-corrected chi connectivity index (χ3v) is 8.36. The van der Waals surface area contributed by atoms with E-state index in [1.54, 1.807) is 6.20 Å². The van der Waals surface area contributed by atoms with Crippen molar-refractivity contribution in [1.29, 1.82) is 0 Å². The normalized spacial score (nSPS) is 21.4. The van der Waals surface area contributed by atoms with Crippen molar-refractivity contribution in [2.75, 3.05) is 12.8 Å². The van der Waals surface area contributed by atoms with E-state index < -0.39 is 23.4 Å². The maximum atomic E-state index is 13.7. The Morgan fingerprint density at radius 3 is 2.60 bits per heavy atom. The SMILES string of the molecule is COc1ccc(F)cc1C(=O)NCc1ccc(-c2nc(C34CCC(NC(=O)O)(CC3)C4)n3ccnc(N)c23)cc1. The van der Waals surface area contributed by atoms with Crippen molar-refractivity contribution in [2.45, 2.75) is 49.6 Å². The Hall–Kier alpha value is -4.67. The number of halogens is 1. The number of carbonyl (C=O) groups is 2. The van der Waals surface area contributed by atoms with E-state index in [0.717, 1.165) is 48.7 Å². The van der Waals surface area contributed by atoms with Crippen LogP contribution in [0.25, 0.3) is 16.8 Å². The zero-order valence-corrected chi connectivity index (χ0v) is 21.9. The van der Waals surface area contributed by atoms with Gasteiger partial charge in [-0.25, -0.2) is 19.2 Å². The number of anilines is 1. The van der Waals surface area contributed by atoms with Crippen molar-refractivity contribution >= 4 is 23.3 Å². The number of hydrogen-bond acceptors (Lipinski definition) is 6. The van der Waals surface area contributed by atoms with Crippen LogP contribution >= 0.6 is 0 Å². The number of fused-ring (bicyclic) bond motifs is 3. The molecule has 2 aromatic carbocycles. The number of carboxylic acid groups (broad SMARTS) is 1. The number of nitrogen functional groups attached to an aromatic ring is 1. The van der Waals surface area contributed by atoms with Gasteiger partial charge >= 0.3 is 6.09 Å². The molecule has 10 nitrogen and oxygen atoms in total. The molecule has 0 aliphatic heterocycles. The van der Waals surface area contributed by atoms with Crippen molar-refractivity contribution in [3.8, 4) is 17.0 Å². The number of nitrogens with zero attached hydrogens (tertiary/aromatic N) is 3. The van der Waals surface area contributed by atoms with Gasteiger partial charge in [0.2, 0.25) is 0 Å². The van der Waals surface area contributed by atoms with E-state index in [2.05, 4.69) is 15.6 Å². The van der Waals surface area contributed by atoms with Gasteiger partial charge in [0.05, 0.1) is 12.7 Å². The minimum absolute atomic E-state index is 0.125. The van der Waals surface area contributed by atoms with Gasteiger partial charge in [0.25, 0.3) is 5.91 Å². The van der Waals surface area contributed by atoms with E-state index in [0.29, 0.717) is 29.2 Å². The Morgan fingerprint density at radius 1 is 1.15 bits per heavy atom. The minimum Gasteiger partial charge on any atom is -0.496 e. The molecule has 2 saturated carbocycles. The van der Waals surface area contributed by atoms with Crippen LogP contribution in [0.2, 0.25) is 0 Å². The third-order valence-electron chi connectivity index (χ3n) is 8.36. The first-order chi connectivity index (χ1) is 19.2. The number of amides is 2. The molecule has 2 aliphatic carbocycles. The maximum absolute atomic E-state index is 13.7. The topological polar surface area (TPSA) is 144 Å². The first kappa shape index (κ1) is 25.6. The molecule has 5 N–H and O–H groups in total. The number of hydrogen-bond donors (Lipinski definition) is 4. The molecule has 2 heterocycles. The molecule has 0 saturated heterocycles. The highest BCUT2D eigenvalue weighted by molar-refractivity contribution is 5.97. The summed E-state index contributed by atoms with van der Waals surface area (Å²) in [7, 11) is 1.43. The Balaban J connectivity index is 1.27. The molecule has 0 radical (unpaired) electrons. The van der Waals surface area contributed by atoms with Gasteiger partial charge in [-0.2, -0.15) is 0 Å². The molecule has 2 aromatic heterocycles. The Kier molecular flexibility index (Phi) is 6.09. The number of carbonyl (C=O) groups excluding carboxylic acids is 1. The van der Waals surface area contributed by atoms with E-state index in [9.17, 15) is 19.1 Å². The average Bonchev–Trinajstić information content (AvgIpc) is 3.62. The summed E-state index contributed by atoms with van der Waals surface area (Å²) in [6, 6.07) is 11.4.